The van der Waals surface area contributed by atoms with Gasteiger partial charge in [0, 0.05) is 63.5 Å². The normalized spacial score (nSPS) is 20.6. The Bertz CT molecular complexity index is 958. The van der Waals surface area contributed by atoms with Crippen LogP contribution in [0, 0.1) is 5.92 Å². The fraction of sp³-hybridized carbons (Fsp3) is 0.500. The Morgan fingerprint density at radius 1 is 1.10 bits per heavy atom. The smallest absolute Gasteiger partial charge is 0.244 e. The molecule has 0 saturated carbocycles. The Labute approximate surface area is 183 Å². The lowest BCUT2D eigenvalue weighted by Gasteiger charge is -2.34. The number of nitrogens with zero attached hydrogens (tertiary/aromatic N) is 4. The predicted octanol–water partition coefficient (Wildman–Crippen LogP) is 2.09. The van der Waals surface area contributed by atoms with Crippen molar-refractivity contribution in [3.63, 3.8) is 0 Å². The Hall–Kier alpha value is -2.36. The number of rotatable bonds is 7. The first-order chi connectivity index (χ1) is 15.0. The highest BCUT2D eigenvalue weighted by molar-refractivity contribution is 7.89. The average Bonchev–Trinajstić information content (AvgIpc) is 3.33. The molecular formula is C22H28N4O4S. The van der Waals surface area contributed by atoms with Gasteiger partial charge in [-0.2, -0.15) is 4.31 Å². The minimum absolute atomic E-state index is 0.0617. The molecule has 2 aliphatic rings. The molecule has 31 heavy (non-hydrogen) atoms. The molecule has 1 atom stereocenters. The molecule has 2 fully saturated rings. The lowest BCUT2D eigenvalue weighted by molar-refractivity contribution is -0.139. The highest BCUT2D eigenvalue weighted by atomic mass is 32.2. The van der Waals surface area contributed by atoms with Crippen LogP contribution in [-0.2, 0) is 26.1 Å². The minimum Gasteiger partial charge on any atom is -0.376 e. The van der Waals surface area contributed by atoms with Gasteiger partial charge in [-0.05, 0) is 49.4 Å². The first kappa shape index (κ1) is 21.9. The number of sulfonamides is 1. The van der Waals surface area contributed by atoms with Crippen LogP contribution in [0.2, 0.25) is 0 Å². The van der Waals surface area contributed by atoms with Crippen molar-refractivity contribution in [2.45, 2.75) is 43.2 Å². The molecule has 9 heteroatoms. The summed E-state index contributed by atoms with van der Waals surface area (Å²) in [6.07, 6.45) is 9.46. The number of pyridine rings is 2. The first-order valence-corrected chi connectivity index (χ1v) is 12.2. The number of carbonyl (C=O) groups excluding carboxylic acids is 1. The summed E-state index contributed by atoms with van der Waals surface area (Å²) >= 11 is 0. The van der Waals surface area contributed by atoms with Gasteiger partial charge in [-0.3, -0.25) is 14.8 Å². The molecule has 166 valence electrons. The van der Waals surface area contributed by atoms with Crippen molar-refractivity contribution >= 4 is 15.9 Å². The summed E-state index contributed by atoms with van der Waals surface area (Å²) in [5, 5.41) is 0. The SMILES string of the molecule is O=C(C1CCN(S(=O)(=O)c2cccnc2)CC1)N(Cc1cccnc1)CC1CCCO1. The van der Waals surface area contributed by atoms with E-state index < -0.39 is 10.0 Å². The molecule has 0 aliphatic carbocycles. The third kappa shape index (κ3) is 5.28. The van der Waals surface area contributed by atoms with Crippen LogP contribution in [-0.4, -0.2) is 65.8 Å². The highest BCUT2D eigenvalue weighted by Crippen LogP contribution is 2.26. The molecule has 1 unspecified atom stereocenters. The molecule has 1 amide bonds. The van der Waals surface area contributed by atoms with Crippen LogP contribution < -0.4 is 0 Å². The Morgan fingerprint density at radius 2 is 1.84 bits per heavy atom. The van der Waals surface area contributed by atoms with E-state index >= 15 is 0 Å². The zero-order chi connectivity index (χ0) is 21.7. The second-order valence-corrected chi connectivity index (χ2v) is 10.0. The second kappa shape index (κ2) is 9.84. The molecule has 0 aromatic carbocycles. The zero-order valence-corrected chi connectivity index (χ0v) is 18.3. The van der Waals surface area contributed by atoms with Crippen LogP contribution >= 0.6 is 0 Å². The van der Waals surface area contributed by atoms with Crippen LogP contribution in [0.3, 0.4) is 0 Å². The van der Waals surface area contributed by atoms with Crippen molar-refractivity contribution in [1.82, 2.24) is 19.2 Å². The minimum atomic E-state index is -3.58. The van der Waals surface area contributed by atoms with Crippen molar-refractivity contribution < 1.29 is 17.9 Å². The number of amides is 1. The Balaban J connectivity index is 1.42. The molecule has 8 nitrogen and oxygen atoms in total. The Morgan fingerprint density at radius 3 is 2.45 bits per heavy atom. The number of piperidine rings is 1. The van der Waals surface area contributed by atoms with Crippen LogP contribution in [0.4, 0.5) is 0 Å². The van der Waals surface area contributed by atoms with Gasteiger partial charge in [0.25, 0.3) is 0 Å². The zero-order valence-electron chi connectivity index (χ0n) is 17.5. The topological polar surface area (TPSA) is 92.7 Å². The summed E-state index contributed by atoms with van der Waals surface area (Å²) in [6, 6.07) is 7.00. The van der Waals surface area contributed by atoms with Crippen molar-refractivity contribution in [1.29, 1.82) is 0 Å². The van der Waals surface area contributed by atoms with Gasteiger partial charge in [-0.25, -0.2) is 8.42 Å². The number of aromatic nitrogens is 2. The fourth-order valence-corrected chi connectivity index (χ4v) is 5.66. The largest absolute Gasteiger partial charge is 0.376 e. The van der Waals surface area contributed by atoms with Gasteiger partial charge < -0.3 is 9.64 Å². The van der Waals surface area contributed by atoms with Gasteiger partial charge in [0.15, 0.2) is 0 Å². The van der Waals surface area contributed by atoms with E-state index in [0.717, 1.165) is 25.0 Å². The van der Waals surface area contributed by atoms with Crippen molar-refractivity contribution in [2.24, 2.45) is 5.92 Å². The van der Waals surface area contributed by atoms with E-state index in [9.17, 15) is 13.2 Å². The molecule has 0 N–H and O–H groups in total. The molecule has 2 saturated heterocycles. The van der Waals surface area contributed by atoms with Gasteiger partial charge in [-0.15, -0.1) is 0 Å². The van der Waals surface area contributed by atoms with Gasteiger partial charge >= 0.3 is 0 Å². The van der Waals surface area contributed by atoms with E-state index in [4.69, 9.17) is 4.74 Å². The highest BCUT2D eigenvalue weighted by Gasteiger charge is 2.35. The van der Waals surface area contributed by atoms with Crippen LogP contribution in [0.15, 0.2) is 53.9 Å². The third-order valence-corrected chi connectivity index (χ3v) is 7.81. The molecule has 2 aromatic rings. The summed E-state index contributed by atoms with van der Waals surface area (Å²) in [5.41, 5.74) is 0.977. The lowest BCUT2D eigenvalue weighted by Crippen LogP contribution is -2.45. The molecule has 0 bridgehead atoms. The summed E-state index contributed by atoms with van der Waals surface area (Å²) in [4.78, 5) is 23.5. The van der Waals surface area contributed by atoms with Gasteiger partial charge in [0.1, 0.15) is 4.90 Å². The van der Waals surface area contributed by atoms with Crippen LogP contribution in [0.1, 0.15) is 31.2 Å². The molecule has 2 aromatic heterocycles. The molecule has 0 spiro atoms. The van der Waals surface area contributed by atoms with Gasteiger partial charge in [0.05, 0.1) is 6.10 Å². The van der Waals surface area contributed by atoms with E-state index in [0.29, 0.717) is 39.0 Å². The lowest BCUT2D eigenvalue weighted by atomic mass is 9.96. The van der Waals surface area contributed by atoms with E-state index in [1.807, 2.05) is 17.0 Å². The molecule has 0 radical (unpaired) electrons. The second-order valence-electron chi connectivity index (χ2n) is 8.08. The third-order valence-electron chi connectivity index (χ3n) is 5.93. The van der Waals surface area contributed by atoms with E-state index in [-0.39, 0.29) is 22.8 Å². The monoisotopic (exact) mass is 444 g/mol. The quantitative estimate of drug-likeness (QED) is 0.649. The number of hydrogen-bond donors (Lipinski definition) is 0. The van der Waals surface area contributed by atoms with E-state index in [1.165, 1.54) is 10.5 Å². The number of ether oxygens (including phenoxy) is 1. The number of carbonyl (C=O) groups is 1. The van der Waals surface area contributed by atoms with Gasteiger partial charge in [0.2, 0.25) is 15.9 Å². The van der Waals surface area contributed by atoms with Gasteiger partial charge in [-0.1, -0.05) is 6.07 Å². The summed E-state index contributed by atoms with van der Waals surface area (Å²) < 4.78 is 32.9. The first-order valence-electron chi connectivity index (χ1n) is 10.7. The average molecular weight is 445 g/mol. The van der Waals surface area contributed by atoms with Crippen molar-refractivity contribution in [2.75, 3.05) is 26.2 Å². The molecular weight excluding hydrogens is 416 g/mol. The van der Waals surface area contributed by atoms with E-state index in [2.05, 4.69) is 9.97 Å². The standard InChI is InChI=1S/C22H28N4O4S/c27-22(25(17-20-5-3-13-30-20)16-18-4-1-9-23-14-18)19-7-11-26(12-8-19)31(28,29)21-6-2-10-24-15-21/h1-2,4,6,9-10,14-15,19-20H,3,5,7-8,11-13,16-17H2. The van der Waals surface area contributed by atoms with Crippen molar-refractivity contribution in [3.05, 3.63) is 54.6 Å². The predicted molar refractivity (Wildman–Crippen MR) is 114 cm³/mol. The summed E-state index contributed by atoms with van der Waals surface area (Å²) in [5.74, 6) is -0.129. The number of hydrogen-bond acceptors (Lipinski definition) is 6. The summed E-state index contributed by atoms with van der Waals surface area (Å²) in [7, 11) is -3.58. The van der Waals surface area contributed by atoms with Crippen LogP contribution in [0.25, 0.3) is 0 Å². The maximum atomic E-state index is 13.4. The molecule has 4 rings (SSSR count). The summed E-state index contributed by atoms with van der Waals surface area (Å²) in [6.45, 7) is 2.44. The van der Waals surface area contributed by atoms with Crippen molar-refractivity contribution in [3.8, 4) is 0 Å². The molecule has 2 aliphatic heterocycles. The van der Waals surface area contributed by atoms with Crippen LogP contribution in [0.5, 0.6) is 0 Å². The maximum Gasteiger partial charge on any atom is 0.244 e. The Kier molecular flexibility index (Phi) is 6.94. The maximum absolute atomic E-state index is 13.4. The molecule has 4 heterocycles. The fourth-order valence-electron chi connectivity index (χ4n) is 4.23. The van der Waals surface area contributed by atoms with E-state index in [1.54, 1.807) is 30.7 Å².